The fourth-order valence-electron chi connectivity index (χ4n) is 1.60. The number of rotatable bonds is 0. The average Bonchev–Trinajstić information content (AvgIpc) is 2.41. The Morgan fingerprint density at radius 2 is 2.40 bits per heavy atom. The van der Waals surface area contributed by atoms with E-state index in [1.54, 1.807) is 0 Å². The van der Waals surface area contributed by atoms with Gasteiger partial charge in [0.2, 0.25) is 0 Å². The maximum atomic E-state index is 4.29. The summed E-state index contributed by atoms with van der Waals surface area (Å²) < 4.78 is 2.25. The first kappa shape index (κ1) is 5.96. The van der Waals surface area contributed by atoms with E-state index in [1.165, 1.54) is 5.82 Å². The van der Waals surface area contributed by atoms with Crippen LogP contribution in [0.1, 0.15) is 25.6 Å². The van der Waals surface area contributed by atoms with Crippen LogP contribution in [0.4, 0.5) is 0 Å². The highest BCUT2D eigenvalue weighted by molar-refractivity contribution is 5.05. The van der Waals surface area contributed by atoms with Gasteiger partial charge < -0.3 is 4.57 Å². The van der Waals surface area contributed by atoms with Crippen LogP contribution in [0.15, 0.2) is 12.4 Å². The third kappa shape index (κ3) is 0.618. The van der Waals surface area contributed by atoms with Crippen molar-refractivity contribution in [1.82, 2.24) is 9.55 Å². The Labute approximate surface area is 60.9 Å². The summed E-state index contributed by atoms with van der Waals surface area (Å²) in [6, 6.07) is 0. The molecule has 2 heterocycles. The van der Waals surface area contributed by atoms with Gasteiger partial charge in [0.05, 0.1) is 0 Å². The van der Waals surface area contributed by atoms with Crippen molar-refractivity contribution < 1.29 is 0 Å². The summed E-state index contributed by atoms with van der Waals surface area (Å²) in [6.07, 6.45) is 3.95. The molecule has 1 aromatic heterocycles. The van der Waals surface area contributed by atoms with Crippen LogP contribution in [0.25, 0.3) is 0 Å². The minimum Gasteiger partial charge on any atom is -0.334 e. The standard InChI is InChI=1S/C8H12N2/c1-6-5-10-4-3-9-8(10)7(6)2/h3-4,6-7H,5H2,1-2H3/t6-,7-/m1/s1. The first-order valence-electron chi connectivity index (χ1n) is 3.80. The van der Waals surface area contributed by atoms with Crippen LogP contribution in [-0.2, 0) is 6.54 Å². The lowest BCUT2D eigenvalue weighted by Crippen LogP contribution is -1.99. The van der Waals surface area contributed by atoms with Gasteiger partial charge in [-0.15, -0.1) is 0 Å². The summed E-state index contributed by atoms with van der Waals surface area (Å²) in [6.45, 7) is 5.67. The van der Waals surface area contributed by atoms with Crippen molar-refractivity contribution in [3.63, 3.8) is 0 Å². The lowest BCUT2D eigenvalue weighted by atomic mass is 9.99. The van der Waals surface area contributed by atoms with Crippen molar-refractivity contribution in [3.05, 3.63) is 18.2 Å². The molecule has 2 atom stereocenters. The smallest absolute Gasteiger partial charge is 0.111 e. The van der Waals surface area contributed by atoms with Crippen LogP contribution >= 0.6 is 0 Å². The molecule has 1 aliphatic heterocycles. The van der Waals surface area contributed by atoms with Crippen molar-refractivity contribution >= 4 is 0 Å². The van der Waals surface area contributed by atoms with Crippen molar-refractivity contribution in [2.75, 3.05) is 0 Å². The van der Waals surface area contributed by atoms with Crippen molar-refractivity contribution in [2.45, 2.75) is 26.3 Å². The normalized spacial score (nSPS) is 30.6. The minimum atomic E-state index is 0.648. The molecule has 1 aromatic rings. The molecule has 2 nitrogen and oxygen atoms in total. The SMILES string of the molecule is C[C@@H]1Cn2ccnc2[C@@H]1C. The fraction of sp³-hybridized carbons (Fsp3) is 0.625. The van der Waals surface area contributed by atoms with Gasteiger partial charge >= 0.3 is 0 Å². The van der Waals surface area contributed by atoms with Crippen LogP contribution in [-0.4, -0.2) is 9.55 Å². The average molecular weight is 136 g/mol. The quantitative estimate of drug-likeness (QED) is 0.530. The summed E-state index contributed by atoms with van der Waals surface area (Å²) in [5.41, 5.74) is 0. The van der Waals surface area contributed by atoms with E-state index in [0.717, 1.165) is 12.5 Å². The Balaban J connectivity index is 2.43. The van der Waals surface area contributed by atoms with Crippen LogP contribution < -0.4 is 0 Å². The molecule has 0 spiro atoms. The molecule has 0 N–H and O–H groups in total. The first-order chi connectivity index (χ1) is 4.79. The van der Waals surface area contributed by atoms with Gasteiger partial charge in [0.1, 0.15) is 5.82 Å². The zero-order valence-corrected chi connectivity index (χ0v) is 6.41. The van der Waals surface area contributed by atoms with Gasteiger partial charge in [-0.2, -0.15) is 0 Å². The van der Waals surface area contributed by atoms with Gasteiger partial charge in [-0.05, 0) is 5.92 Å². The molecule has 2 rings (SSSR count). The second kappa shape index (κ2) is 1.84. The second-order valence-corrected chi connectivity index (χ2v) is 3.20. The predicted octanol–water partition coefficient (Wildman–Crippen LogP) is 1.64. The Morgan fingerprint density at radius 1 is 1.60 bits per heavy atom. The third-order valence-corrected chi connectivity index (χ3v) is 2.49. The number of imidazole rings is 1. The monoisotopic (exact) mass is 136 g/mol. The van der Waals surface area contributed by atoms with Crippen molar-refractivity contribution in [2.24, 2.45) is 5.92 Å². The highest BCUT2D eigenvalue weighted by Gasteiger charge is 2.25. The van der Waals surface area contributed by atoms with E-state index in [4.69, 9.17) is 0 Å². The molecule has 10 heavy (non-hydrogen) atoms. The summed E-state index contributed by atoms with van der Waals surface area (Å²) in [5, 5.41) is 0. The molecule has 0 unspecified atom stereocenters. The molecule has 0 aliphatic carbocycles. The number of hydrogen-bond acceptors (Lipinski definition) is 1. The molecule has 0 radical (unpaired) electrons. The highest BCUT2D eigenvalue weighted by Crippen LogP contribution is 2.30. The number of fused-ring (bicyclic) bond motifs is 1. The van der Waals surface area contributed by atoms with E-state index in [1.807, 2.05) is 6.20 Å². The van der Waals surface area contributed by atoms with Crippen LogP contribution in [0.2, 0.25) is 0 Å². The Bertz CT molecular complexity index is 239. The predicted molar refractivity (Wildman–Crippen MR) is 39.8 cm³/mol. The Morgan fingerprint density at radius 3 is 3.10 bits per heavy atom. The van der Waals surface area contributed by atoms with E-state index < -0.39 is 0 Å². The van der Waals surface area contributed by atoms with Gasteiger partial charge in [0, 0.05) is 24.9 Å². The second-order valence-electron chi connectivity index (χ2n) is 3.20. The van der Waals surface area contributed by atoms with Gasteiger partial charge in [0.25, 0.3) is 0 Å². The third-order valence-electron chi connectivity index (χ3n) is 2.49. The van der Waals surface area contributed by atoms with E-state index >= 15 is 0 Å². The molecular weight excluding hydrogens is 124 g/mol. The van der Waals surface area contributed by atoms with E-state index in [-0.39, 0.29) is 0 Å². The topological polar surface area (TPSA) is 17.8 Å². The number of hydrogen-bond donors (Lipinski definition) is 0. The number of aromatic nitrogens is 2. The summed E-state index contributed by atoms with van der Waals surface area (Å²) in [7, 11) is 0. The van der Waals surface area contributed by atoms with E-state index in [0.29, 0.717) is 5.92 Å². The maximum Gasteiger partial charge on any atom is 0.111 e. The van der Waals surface area contributed by atoms with Gasteiger partial charge in [-0.25, -0.2) is 4.98 Å². The van der Waals surface area contributed by atoms with Gasteiger partial charge in [-0.1, -0.05) is 13.8 Å². The summed E-state index contributed by atoms with van der Waals surface area (Å²) in [5.74, 6) is 2.67. The van der Waals surface area contributed by atoms with Crippen LogP contribution in [0.3, 0.4) is 0 Å². The molecule has 2 heteroatoms. The Hall–Kier alpha value is -0.790. The van der Waals surface area contributed by atoms with Gasteiger partial charge in [-0.3, -0.25) is 0 Å². The summed E-state index contributed by atoms with van der Waals surface area (Å²) in [4.78, 5) is 4.29. The Kier molecular flexibility index (Phi) is 1.10. The molecule has 0 saturated carbocycles. The first-order valence-corrected chi connectivity index (χ1v) is 3.80. The molecule has 1 aliphatic rings. The zero-order chi connectivity index (χ0) is 7.14. The molecule has 0 bridgehead atoms. The molecule has 0 aromatic carbocycles. The van der Waals surface area contributed by atoms with Crippen LogP contribution in [0, 0.1) is 5.92 Å². The lowest BCUT2D eigenvalue weighted by Gasteiger charge is -2.04. The van der Waals surface area contributed by atoms with E-state index in [2.05, 4.69) is 29.6 Å². The number of nitrogens with zero attached hydrogens (tertiary/aromatic N) is 2. The van der Waals surface area contributed by atoms with Crippen LogP contribution in [0.5, 0.6) is 0 Å². The minimum absolute atomic E-state index is 0.648. The highest BCUT2D eigenvalue weighted by atomic mass is 15.1. The van der Waals surface area contributed by atoms with Crippen molar-refractivity contribution in [1.29, 1.82) is 0 Å². The molecule has 54 valence electrons. The van der Waals surface area contributed by atoms with Crippen molar-refractivity contribution in [3.8, 4) is 0 Å². The van der Waals surface area contributed by atoms with E-state index in [9.17, 15) is 0 Å². The largest absolute Gasteiger partial charge is 0.334 e. The maximum absolute atomic E-state index is 4.29. The summed E-state index contributed by atoms with van der Waals surface area (Å²) >= 11 is 0. The lowest BCUT2D eigenvalue weighted by molar-refractivity contribution is 0.498. The zero-order valence-electron chi connectivity index (χ0n) is 6.41. The molecular formula is C8H12N2. The van der Waals surface area contributed by atoms with Gasteiger partial charge in [0.15, 0.2) is 0 Å². The molecule has 0 amide bonds. The fourth-order valence-corrected chi connectivity index (χ4v) is 1.60. The molecule has 0 saturated heterocycles. The molecule has 0 fully saturated rings.